The Kier molecular flexibility index (Phi) is 2.96. The second-order valence-electron chi connectivity index (χ2n) is 5.72. The lowest BCUT2D eigenvalue weighted by molar-refractivity contribution is 0.518. The molecule has 0 saturated carbocycles. The SMILES string of the molecule is CC(C)(N)Cc1c[nH]c2c(-c3ccsc3)cccc12. The van der Waals surface area contributed by atoms with Crippen molar-refractivity contribution in [1.29, 1.82) is 0 Å². The molecule has 2 aromatic heterocycles. The van der Waals surface area contributed by atoms with Crippen LogP contribution in [-0.4, -0.2) is 10.5 Å². The molecule has 0 saturated heterocycles. The molecule has 0 radical (unpaired) electrons. The highest BCUT2D eigenvalue weighted by Gasteiger charge is 2.16. The highest BCUT2D eigenvalue weighted by atomic mass is 32.1. The highest BCUT2D eigenvalue weighted by Crippen LogP contribution is 2.31. The summed E-state index contributed by atoms with van der Waals surface area (Å²) < 4.78 is 0. The minimum absolute atomic E-state index is 0.187. The maximum Gasteiger partial charge on any atom is 0.0536 e. The predicted molar refractivity (Wildman–Crippen MR) is 83.6 cm³/mol. The van der Waals surface area contributed by atoms with Gasteiger partial charge in [0.05, 0.1) is 5.52 Å². The average molecular weight is 270 g/mol. The lowest BCUT2D eigenvalue weighted by Gasteiger charge is -2.17. The number of hydrogen-bond acceptors (Lipinski definition) is 2. The van der Waals surface area contributed by atoms with Crippen LogP contribution in [0.4, 0.5) is 0 Å². The number of aromatic amines is 1. The first-order valence-corrected chi connectivity index (χ1v) is 7.39. The summed E-state index contributed by atoms with van der Waals surface area (Å²) in [7, 11) is 0. The summed E-state index contributed by atoms with van der Waals surface area (Å²) in [5.41, 5.74) is 11.0. The zero-order valence-electron chi connectivity index (χ0n) is 11.2. The molecule has 1 aromatic carbocycles. The topological polar surface area (TPSA) is 41.8 Å². The number of fused-ring (bicyclic) bond motifs is 1. The zero-order valence-corrected chi connectivity index (χ0v) is 12.1. The fourth-order valence-corrected chi connectivity index (χ4v) is 3.16. The average Bonchev–Trinajstić information content (AvgIpc) is 2.97. The van der Waals surface area contributed by atoms with E-state index in [-0.39, 0.29) is 5.54 Å². The van der Waals surface area contributed by atoms with E-state index in [1.54, 1.807) is 11.3 Å². The van der Waals surface area contributed by atoms with Crippen molar-refractivity contribution in [2.24, 2.45) is 5.73 Å². The Labute approximate surface area is 117 Å². The van der Waals surface area contributed by atoms with Gasteiger partial charge in [-0.25, -0.2) is 0 Å². The van der Waals surface area contributed by atoms with Gasteiger partial charge in [0.2, 0.25) is 0 Å². The summed E-state index contributed by atoms with van der Waals surface area (Å²) in [6.45, 7) is 4.13. The number of rotatable bonds is 3. The van der Waals surface area contributed by atoms with Crippen LogP contribution < -0.4 is 5.73 Å². The largest absolute Gasteiger partial charge is 0.360 e. The van der Waals surface area contributed by atoms with Gasteiger partial charge in [0.15, 0.2) is 0 Å². The van der Waals surface area contributed by atoms with Gasteiger partial charge >= 0.3 is 0 Å². The van der Waals surface area contributed by atoms with E-state index in [0.717, 1.165) is 6.42 Å². The molecule has 3 aromatic rings. The minimum Gasteiger partial charge on any atom is -0.360 e. The molecule has 0 bridgehead atoms. The summed E-state index contributed by atoms with van der Waals surface area (Å²) in [6, 6.07) is 8.62. The number of benzene rings is 1. The van der Waals surface area contributed by atoms with Gasteiger partial charge in [0.25, 0.3) is 0 Å². The monoisotopic (exact) mass is 270 g/mol. The van der Waals surface area contributed by atoms with E-state index in [0.29, 0.717) is 0 Å². The number of aromatic nitrogens is 1. The molecule has 3 rings (SSSR count). The Hall–Kier alpha value is -1.58. The molecule has 2 nitrogen and oxygen atoms in total. The second kappa shape index (κ2) is 4.51. The Morgan fingerprint density at radius 3 is 2.79 bits per heavy atom. The van der Waals surface area contributed by atoms with E-state index in [1.807, 2.05) is 0 Å². The van der Waals surface area contributed by atoms with Crippen molar-refractivity contribution >= 4 is 22.2 Å². The lowest BCUT2D eigenvalue weighted by atomic mass is 9.95. The van der Waals surface area contributed by atoms with Gasteiger partial charge in [-0.15, -0.1) is 0 Å². The molecular formula is C16H18N2S. The van der Waals surface area contributed by atoms with E-state index in [2.05, 4.69) is 60.1 Å². The van der Waals surface area contributed by atoms with Crippen LogP contribution >= 0.6 is 11.3 Å². The van der Waals surface area contributed by atoms with Gasteiger partial charge in [-0.05, 0) is 48.2 Å². The van der Waals surface area contributed by atoms with Crippen LogP contribution in [0.25, 0.3) is 22.0 Å². The van der Waals surface area contributed by atoms with Crippen LogP contribution in [0, 0.1) is 0 Å². The van der Waals surface area contributed by atoms with Gasteiger partial charge in [-0.1, -0.05) is 18.2 Å². The first-order valence-electron chi connectivity index (χ1n) is 6.45. The number of thiophene rings is 1. The molecule has 0 unspecified atom stereocenters. The number of H-pyrrole nitrogens is 1. The van der Waals surface area contributed by atoms with Crippen LogP contribution in [0.15, 0.2) is 41.2 Å². The zero-order chi connectivity index (χ0) is 13.5. The molecule has 0 aliphatic heterocycles. The molecule has 0 aliphatic carbocycles. The Bertz CT molecular complexity index is 687. The molecule has 2 heterocycles. The maximum absolute atomic E-state index is 6.14. The van der Waals surface area contributed by atoms with Gasteiger partial charge in [0, 0.05) is 22.7 Å². The van der Waals surface area contributed by atoms with E-state index in [1.165, 1.54) is 27.6 Å². The summed E-state index contributed by atoms with van der Waals surface area (Å²) >= 11 is 1.73. The molecular weight excluding hydrogens is 252 g/mol. The van der Waals surface area contributed by atoms with E-state index in [4.69, 9.17) is 5.73 Å². The maximum atomic E-state index is 6.14. The smallest absolute Gasteiger partial charge is 0.0536 e. The van der Waals surface area contributed by atoms with Crippen molar-refractivity contribution in [3.8, 4) is 11.1 Å². The Morgan fingerprint density at radius 1 is 1.26 bits per heavy atom. The fraction of sp³-hybridized carbons (Fsp3) is 0.250. The molecule has 98 valence electrons. The standard InChI is InChI=1S/C16H18N2S/c1-16(2,17)8-12-9-18-15-13(4-3-5-14(12)15)11-6-7-19-10-11/h3-7,9-10,18H,8,17H2,1-2H3. The molecule has 0 aliphatic rings. The van der Waals surface area contributed by atoms with Crippen LogP contribution in [0.3, 0.4) is 0 Å². The van der Waals surface area contributed by atoms with Crippen molar-refractivity contribution in [2.75, 3.05) is 0 Å². The highest BCUT2D eigenvalue weighted by molar-refractivity contribution is 7.08. The van der Waals surface area contributed by atoms with Crippen LogP contribution in [0.2, 0.25) is 0 Å². The Morgan fingerprint density at radius 2 is 2.11 bits per heavy atom. The molecule has 0 spiro atoms. The first kappa shape index (κ1) is 12.5. The molecule has 0 atom stereocenters. The molecule has 3 N–H and O–H groups in total. The molecule has 19 heavy (non-hydrogen) atoms. The minimum atomic E-state index is -0.187. The van der Waals surface area contributed by atoms with E-state index in [9.17, 15) is 0 Å². The van der Waals surface area contributed by atoms with Gasteiger partial charge < -0.3 is 10.7 Å². The van der Waals surface area contributed by atoms with Crippen LogP contribution in [-0.2, 0) is 6.42 Å². The molecule has 3 heteroatoms. The predicted octanol–water partition coefficient (Wildman–Crippen LogP) is 4.18. The number of nitrogens with two attached hydrogens (primary N) is 1. The third kappa shape index (κ3) is 2.44. The lowest BCUT2D eigenvalue weighted by Crippen LogP contribution is -2.34. The van der Waals surface area contributed by atoms with Crippen molar-refractivity contribution < 1.29 is 0 Å². The number of nitrogens with one attached hydrogen (secondary N) is 1. The number of hydrogen-bond donors (Lipinski definition) is 2. The summed E-state index contributed by atoms with van der Waals surface area (Å²) in [6.07, 6.45) is 2.97. The van der Waals surface area contributed by atoms with Crippen LogP contribution in [0.1, 0.15) is 19.4 Å². The summed E-state index contributed by atoms with van der Waals surface area (Å²) in [5, 5.41) is 5.57. The van der Waals surface area contributed by atoms with Crippen molar-refractivity contribution in [3.05, 3.63) is 46.8 Å². The third-order valence-corrected chi connectivity index (χ3v) is 3.96. The van der Waals surface area contributed by atoms with Crippen molar-refractivity contribution in [3.63, 3.8) is 0 Å². The fourth-order valence-electron chi connectivity index (χ4n) is 2.51. The second-order valence-corrected chi connectivity index (χ2v) is 6.50. The quantitative estimate of drug-likeness (QED) is 0.736. The van der Waals surface area contributed by atoms with Gasteiger partial charge in [-0.3, -0.25) is 0 Å². The Balaban J connectivity index is 2.13. The van der Waals surface area contributed by atoms with E-state index >= 15 is 0 Å². The van der Waals surface area contributed by atoms with Crippen molar-refractivity contribution in [2.45, 2.75) is 25.8 Å². The molecule has 0 fully saturated rings. The number of para-hydroxylation sites is 1. The first-order chi connectivity index (χ1) is 9.04. The summed E-state index contributed by atoms with van der Waals surface area (Å²) in [5.74, 6) is 0. The van der Waals surface area contributed by atoms with Gasteiger partial charge in [0.1, 0.15) is 0 Å². The van der Waals surface area contributed by atoms with Crippen LogP contribution in [0.5, 0.6) is 0 Å². The van der Waals surface area contributed by atoms with Crippen molar-refractivity contribution in [1.82, 2.24) is 4.98 Å². The molecule has 0 amide bonds. The van der Waals surface area contributed by atoms with E-state index < -0.39 is 0 Å². The normalized spacial score (nSPS) is 12.2. The van der Waals surface area contributed by atoms with Gasteiger partial charge in [-0.2, -0.15) is 11.3 Å². The summed E-state index contributed by atoms with van der Waals surface area (Å²) in [4.78, 5) is 3.42. The third-order valence-electron chi connectivity index (χ3n) is 3.28.